The molecule has 42 heavy (non-hydrogen) atoms. The number of benzene rings is 1. The molecule has 12 heteroatoms. The van der Waals surface area contributed by atoms with Gasteiger partial charge in [-0.1, -0.05) is 49.6 Å². The number of aryl methyl sites for hydroxylation is 1. The largest absolute Gasteiger partial charge is 0.465 e. The van der Waals surface area contributed by atoms with E-state index < -0.39 is 53.3 Å². The molecule has 3 rings (SSSR count). The topological polar surface area (TPSA) is 180 Å². The first-order chi connectivity index (χ1) is 20.2. The summed E-state index contributed by atoms with van der Waals surface area (Å²) in [5.74, 6) is -4.66. The lowest BCUT2D eigenvalue weighted by molar-refractivity contribution is -0.146. The van der Waals surface area contributed by atoms with Gasteiger partial charge in [0.05, 0.1) is 31.7 Å². The second-order valence-corrected chi connectivity index (χ2v) is 10.3. The molecule has 0 radical (unpaired) electrons. The van der Waals surface area contributed by atoms with Gasteiger partial charge in [0, 0.05) is 12.7 Å². The third-order valence-electron chi connectivity index (χ3n) is 7.36. The summed E-state index contributed by atoms with van der Waals surface area (Å²) in [4.78, 5) is 74.3. The highest BCUT2D eigenvalue weighted by Gasteiger charge is 2.52. The number of ketones is 2. The van der Waals surface area contributed by atoms with Crippen molar-refractivity contribution in [1.82, 2.24) is 20.6 Å². The zero-order valence-electron chi connectivity index (χ0n) is 24.1. The van der Waals surface area contributed by atoms with Gasteiger partial charge in [-0.05, 0) is 38.2 Å². The number of nitrogens with two attached hydrogens (primary N) is 1. The predicted molar refractivity (Wildman–Crippen MR) is 152 cm³/mol. The molecule has 0 bridgehead atoms. The predicted octanol–water partition coefficient (Wildman–Crippen LogP) is 1.44. The molecule has 1 aliphatic carbocycles. The molecule has 0 saturated heterocycles. The SMILES string of the molecule is CCOC(=O)CNC(=O)C(=O)C(COCc1ccccc1)NC(=O)C(CN)(C(=O)c1cncc(C)n1)C1CCCCC1. The smallest absolute Gasteiger partial charge is 0.325 e. The lowest BCUT2D eigenvalue weighted by atomic mass is 9.65. The Labute approximate surface area is 245 Å². The van der Waals surface area contributed by atoms with Gasteiger partial charge in [0.2, 0.25) is 11.7 Å². The number of hydrogen-bond acceptors (Lipinski definition) is 10. The van der Waals surface area contributed by atoms with Crippen molar-refractivity contribution in [2.45, 2.75) is 58.6 Å². The highest BCUT2D eigenvalue weighted by atomic mass is 16.5. The van der Waals surface area contributed by atoms with Crippen LogP contribution in [0.2, 0.25) is 0 Å². The van der Waals surface area contributed by atoms with Crippen LogP contribution in [-0.4, -0.2) is 71.7 Å². The van der Waals surface area contributed by atoms with Crippen molar-refractivity contribution in [3.8, 4) is 0 Å². The van der Waals surface area contributed by atoms with Gasteiger partial charge in [-0.15, -0.1) is 0 Å². The molecule has 2 aromatic rings. The van der Waals surface area contributed by atoms with Crippen molar-refractivity contribution in [2.24, 2.45) is 17.1 Å². The minimum absolute atomic E-state index is 0.00319. The van der Waals surface area contributed by atoms with Crippen LogP contribution in [-0.2, 0) is 35.3 Å². The summed E-state index contributed by atoms with van der Waals surface area (Å²) in [5, 5.41) is 4.83. The summed E-state index contributed by atoms with van der Waals surface area (Å²) >= 11 is 0. The number of carbonyl (C=O) groups is 5. The number of Topliss-reactive ketones (excluding diaryl/α,β-unsaturated/α-hetero) is 2. The number of carbonyl (C=O) groups excluding carboxylic acids is 5. The van der Waals surface area contributed by atoms with Gasteiger partial charge in [0.1, 0.15) is 23.7 Å². The number of nitrogens with zero attached hydrogens (tertiary/aromatic N) is 2. The summed E-state index contributed by atoms with van der Waals surface area (Å²) in [5.41, 5.74) is 5.80. The molecule has 12 nitrogen and oxygen atoms in total. The third-order valence-corrected chi connectivity index (χ3v) is 7.36. The van der Waals surface area contributed by atoms with Crippen LogP contribution in [0, 0.1) is 18.3 Å². The number of aromatic nitrogens is 2. The molecule has 226 valence electrons. The fourth-order valence-electron chi connectivity index (χ4n) is 5.17. The minimum atomic E-state index is -1.75. The number of esters is 1. The molecule has 2 amide bonds. The lowest BCUT2D eigenvalue weighted by Crippen LogP contribution is -2.60. The van der Waals surface area contributed by atoms with Crippen molar-refractivity contribution in [1.29, 1.82) is 0 Å². The van der Waals surface area contributed by atoms with E-state index in [1.54, 1.807) is 13.8 Å². The van der Waals surface area contributed by atoms with E-state index in [0.717, 1.165) is 24.8 Å². The molecule has 1 heterocycles. The highest BCUT2D eigenvalue weighted by Crippen LogP contribution is 2.41. The van der Waals surface area contributed by atoms with Gasteiger partial charge in [-0.25, -0.2) is 4.98 Å². The zero-order chi connectivity index (χ0) is 30.5. The second-order valence-electron chi connectivity index (χ2n) is 10.3. The molecule has 0 aliphatic heterocycles. The molecular formula is C30H39N5O7. The number of amides is 2. The Morgan fingerprint density at radius 3 is 2.43 bits per heavy atom. The number of ether oxygens (including phenoxy) is 2. The molecule has 0 spiro atoms. The van der Waals surface area contributed by atoms with Crippen LogP contribution in [0.1, 0.15) is 60.8 Å². The quantitative estimate of drug-likeness (QED) is 0.121. The Bertz CT molecular complexity index is 1250. The summed E-state index contributed by atoms with van der Waals surface area (Å²) in [6, 6.07) is 7.68. The van der Waals surface area contributed by atoms with Gasteiger partial charge in [-0.3, -0.25) is 29.0 Å². The van der Waals surface area contributed by atoms with E-state index in [2.05, 4.69) is 20.6 Å². The maximum Gasteiger partial charge on any atom is 0.325 e. The second kappa shape index (κ2) is 15.8. The molecular weight excluding hydrogens is 542 g/mol. The number of hydrogen-bond donors (Lipinski definition) is 3. The zero-order valence-corrected chi connectivity index (χ0v) is 24.1. The maximum atomic E-state index is 14.1. The van der Waals surface area contributed by atoms with Crippen molar-refractivity contribution >= 4 is 29.4 Å². The molecule has 2 unspecified atom stereocenters. The van der Waals surface area contributed by atoms with Crippen molar-refractivity contribution in [3.63, 3.8) is 0 Å². The van der Waals surface area contributed by atoms with Crippen LogP contribution < -0.4 is 16.4 Å². The van der Waals surface area contributed by atoms with Crippen molar-refractivity contribution in [3.05, 3.63) is 59.7 Å². The molecule has 4 N–H and O–H groups in total. The first kappa shape index (κ1) is 32.5. The number of nitrogens with one attached hydrogen (secondary N) is 2. The van der Waals surface area contributed by atoms with Crippen LogP contribution in [0.15, 0.2) is 42.7 Å². The Kier molecular flexibility index (Phi) is 12.2. The average Bonchev–Trinajstić information content (AvgIpc) is 3.00. The Morgan fingerprint density at radius 2 is 1.79 bits per heavy atom. The van der Waals surface area contributed by atoms with E-state index in [-0.39, 0.29) is 32.1 Å². The van der Waals surface area contributed by atoms with Crippen LogP contribution in [0.3, 0.4) is 0 Å². The normalized spacial score (nSPS) is 15.6. The van der Waals surface area contributed by atoms with Crippen LogP contribution in [0.25, 0.3) is 0 Å². The Balaban J connectivity index is 1.89. The van der Waals surface area contributed by atoms with Gasteiger partial charge >= 0.3 is 5.97 Å². The molecule has 1 aliphatic rings. The molecule has 2 atom stereocenters. The number of rotatable bonds is 15. The highest BCUT2D eigenvalue weighted by molar-refractivity contribution is 6.38. The van der Waals surface area contributed by atoms with Gasteiger partial charge in [0.25, 0.3) is 5.91 Å². The first-order valence-electron chi connectivity index (χ1n) is 14.2. The van der Waals surface area contributed by atoms with E-state index in [1.165, 1.54) is 12.4 Å². The monoisotopic (exact) mass is 581 g/mol. The van der Waals surface area contributed by atoms with E-state index in [0.29, 0.717) is 18.5 Å². The van der Waals surface area contributed by atoms with E-state index in [9.17, 15) is 24.0 Å². The van der Waals surface area contributed by atoms with Crippen LogP contribution in [0.5, 0.6) is 0 Å². The molecule has 1 saturated carbocycles. The van der Waals surface area contributed by atoms with E-state index in [4.69, 9.17) is 15.2 Å². The Hall–Kier alpha value is -4.03. The lowest BCUT2D eigenvalue weighted by Gasteiger charge is -2.39. The minimum Gasteiger partial charge on any atom is -0.465 e. The van der Waals surface area contributed by atoms with Gasteiger partial charge < -0.3 is 25.8 Å². The van der Waals surface area contributed by atoms with Crippen molar-refractivity contribution in [2.75, 3.05) is 26.3 Å². The standard InChI is InChI=1S/C30H39N5O7/c1-3-42-25(36)16-33-28(39)26(37)24(18-41-17-21-10-6-4-7-11-21)35-29(40)30(19-31,22-12-8-5-9-13-22)27(38)23-15-32-14-20(2)34-23/h4,6-7,10-11,14-15,22,24H,3,5,8-9,12-13,16-19,31H2,1-2H3,(H,33,39)(H,35,40). The van der Waals surface area contributed by atoms with E-state index >= 15 is 0 Å². The van der Waals surface area contributed by atoms with Gasteiger partial charge in [0.15, 0.2) is 5.78 Å². The molecule has 1 fully saturated rings. The fraction of sp³-hybridized carbons (Fsp3) is 0.500. The van der Waals surface area contributed by atoms with Crippen molar-refractivity contribution < 1.29 is 33.4 Å². The molecule has 1 aromatic carbocycles. The average molecular weight is 582 g/mol. The fourth-order valence-corrected chi connectivity index (χ4v) is 5.17. The van der Waals surface area contributed by atoms with E-state index in [1.807, 2.05) is 30.3 Å². The Morgan fingerprint density at radius 1 is 1.07 bits per heavy atom. The summed E-state index contributed by atoms with van der Waals surface area (Å²) < 4.78 is 10.5. The maximum absolute atomic E-state index is 14.1. The third kappa shape index (κ3) is 8.26. The molecule has 1 aromatic heterocycles. The van der Waals surface area contributed by atoms with Crippen LogP contribution in [0.4, 0.5) is 0 Å². The van der Waals surface area contributed by atoms with Crippen LogP contribution >= 0.6 is 0 Å². The van der Waals surface area contributed by atoms with Gasteiger partial charge in [-0.2, -0.15) is 0 Å². The first-order valence-corrected chi connectivity index (χ1v) is 14.2. The summed E-state index contributed by atoms with van der Waals surface area (Å²) in [6.45, 7) is 2.28. The summed E-state index contributed by atoms with van der Waals surface area (Å²) in [7, 11) is 0. The summed E-state index contributed by atoms with van der Waals surface area (Å²) in [6.07, 6.45) is 6.54.